The molecule has 0 aliphatic heterocycles. The summed E-state index contributed by atoms with van der Waals surface area (Å²) in [6.45, 7) is 3.55. The van der Waals surface area contributed by atoms with Crippen LogP contribution in [0.4, 0.5) is 13.2 Å². The van der Waals surface area contributed by atoms with Gasteiger partial charge in [-0.25, -0.2) is 0 Å². The predicted octanol–water partition coefficient (Wildman–Crippen LogP) is 1.37. The van der Waals surface area contributed by atoms with Gasteiger partial charge in [-0.2, -0.15) is 0 Å². The first-order valence-electron chi connectivity index (χ1n) is 5.52. The maximum atomic E-state index is 12.8. The van der Waals surface area contributed by atoms with E-state index in [9.17, 15) is 13.2 Å². The lowest BCUT2D eigenvalue weighted by Gasteiger charge is -1.98. The van der Waals surface area contributed by atoms with Crippen molar-refractivity contribution in [3.63, 3.8) is 0 Å². The second-order valence-electron chi connectivity index (χ2n) is 3.92. The molecule has 0 amide bonds. The number of hydrogen-bond acceptors (Lipinski definition) is 3. The monoisotopic (exact) mass is 372 g/mol. The van der Waals surface area contributed by atoms with E-state index in [0.29, 0.717) is 9.58 Å². The lowest BCUT2D eigenvalue weighted by atomic mass is 10.1. The molecule has 0 fully saturated rings. The molecule has 1 unspecified atom stereocenters. The van der Waals surface area contributed by atoms with Gasteiger partial charge < -0.3 is 12.6 Å². The summed E-state index contributed by atoms with van der Waals surface area (Å²) in [4.78, 5) is 0.413. The number of rotatable bonds is 1. The summed E-state index contributed by atoms with van der Waals surface area (Å²) in [7, 11) is -1.71. The topological polar surface area (TPSA) is 69.2 Å². The van der Waals surface area contributed by atoms with Gasteiger partial charge in [0.05, 0.1) is 10.5 Å². The lowest BCUT2D eigenvalue weighted by molar-refractivity contribution is -1.73. The number of benzene rings is 1. The molecule has 0 saturated heterocycles. The van der Waals surface area contributed by atoms with E-state index in [0.717, 1.165) is 17.4 Å². The SMILES string of the molecule is CCc1ccc2c(c1)cc(C)[s+]2C(F)(F)F.[O-][Br+2]([O-])[O-]. The minimum atomic E-state index is -4.15. The molecule has 0 aliphatic rings. The van der Waals surface area contributed by atoms with Crippen molar-refractivity contribution in [1.82, 2.24) is 0 Å². The molecule has 1 heterocycles. The molecule has 0 saturated carbocycles. The number of hydrogen-bond donors (Lipinski definition) is 0. The minimum absolute atomic E-state index is 0.413. The smallest absolute Gasteiger partial charge is 0.405 e. The van der Waals surface area contributed by atoms with Crippen molar-refractivity contribution < 1.29 is 40.6 Å². The summed E-state index contributed by atoms with van der Waals surface area (Å²) < 4.78 is 64.5. The van der Waals surface area contributed by atoms with Crippen LogP contribution in [-0.2, 0) is 11.9 Å². The summed E-state index contributed by atoms with van der Waals surface area (Å²) in [5.74, 6) is 0. The van der Waals surface area contributed by atoms with E-state index < -0.39 is 30.8 Å². The molecule has 3 nitrogen and oxygen atoms in total. The maximum absolute atomic E-state index is 12.8. The third kappa shape index (κ3) is 4.42. The zero-order valence-corrected chi connectivity index (χ0v) is 13.1. The molecule has 1 atom stereocenters. The van der Waals surface area contributed by atoms with Crippen molar-refractivity contribution in [3.05, 3.63) is 34.7 Å². The van der Waals surface area contributed by atoms with Crippen molar-refractivity contribution in [3.8, 4) is 0 Å². The Morgan fingerprint density at radius 1 is 1.15 bits per heavy atom. The van der Waals surface area contributed by atoms with Gasteiger partial charge in [-0.15, -0.1) is 13.2 Å². The highest BCUT2D eigenvalue weighted by Crippen LogP contribution is 2.50. The van der Waals surface area contributed by atoms with Crippen LogP contribution in [0.5, 0.6) is 0 Å². The highest BCUT2D eigenvalue weighted by atomic mass is 80.0. The highest BCUT2D eigenvalue weighted by Gasteiger charge is 2.46. The molecule has 112 valence electrons. The Morgan fingerprint density at radius 2 is 1.70 bits per heavy atom. The van der Waals surface area contributed by atoms with Crippen LogP contribution in [0.3, 0.4) is 0 Å². The molecule has 1 aromatic heterocycles. The summed E-state index contributed by atoms with van der Waals surface area (Å²) in [6, 6.07) is 6.93. The molecule has 2 rings (SSSR count). The Bertz CT molecular complexity index is 578. The van der Waals surface area contributed by atoms with Crippen molar-refractivity contribution >= 4 is 20.6 Å². The highest BCUT2D eigenvalue weighted by molar-refractivity contribution is 7.38. The average Bonchev–Trinajstić information content (AvgIpc) is 2.62. The van der Waals surface area contributed by atoms with Crippen molar-refractivity contribution in [1.29, 1.82) is 0 Å². The van der Waals surface area contributed by atoms with E-state index in [2.05, 4.69) is 0 Å². The minimum Gasteiger partial charge on any atom is -0.405 e. The number of halogens is 4. The van der Waals surface area contributed by atoms with Crippen LogP contribution in [0.15, 0.2) is 24.3 Å². The molecule has 0 spiro atoms. The van der Waals surface area contributed by atoms with Crippen LogP contribution in [-0.4, -0.2) is 0 Å². The van der Waals surface area contributed by atoms with Gasteiger partial charge in [0.2, 0.25) is 14.8 Å². The van der Waals surface area contributed by atoms with E-state index in [1.54, 1.807) is 25.1 Å². The fraction of sp³-hybridized carbons (Fsp3) is 0.333. The molecule has 0 aliphatic carbocycles. The maximum Gasteiger partial charge on any atom is 0.600 e. The largest absolute Gasteiger partial charge is 0.600 e. The van der Waals surface area contributed by atoms with Gasteiger partial charge >= 0.3 is 5.51 Å². The first kappa shape index (κ1) is 17.4. The van der Waals surface area contributed by atoms with Crippen LogP contribution in [0.1, 0.15) is 17.4 Å². The van der Waals surface area contributed by atoms with Gasteiger partial charge in [-0.1, -0.05) is 13.0 Å². The number of thiophene rings is 1. The van der Waals surface area contributed by atoms with Gasteiger partial charge in [0.25, 0.3) is 0 Å². The van der Waals surface area contributed by atoms with Gasteiger partial charge in [-0.05, 0) is 24.1 Å². The Morgan fingerprint density at radius 3 is 2.15 bits per heavy atom. The number of fused-ring (bicyclic) bond motifs is 1. The van der Waals surface area contributed by atoms with Gasteiger partial charge in [-0.3, -0.25) is 0 Å². The summed E-state index contributed by atoms with van der Waals surface area (Å²) >= 11 is -3.65. The van der Waals surface area contributed by atoms with Crippen molar-refractivity contribution in [2.75, 3.05) is 0 Å². The van der Waals surface area contributed by atoms with E-state index in [1.165, 1.54) is 0 Å². The van der Waals surface area contributed by atoms with Crippen LogP contribution < -0.4 is 12.6 Å². The normalized spacial score (nSPS) is 12.6. The zero-order valence-electron chi connectivity index (χ0n) is 10.7. The van der Waals surface area contributed by atoms with E-state index >= 15 is 0 Å². The molecule has 0 radical (unpaired) electrons. The van der Waals surface area contributed by atoms with Crippen LogP contribution in [0.25, 0.3) is 10.1 Å². The van der Waals surface area contributed by atoms with Gasteiger partial charge in [0.15, 0.2) is 9.58 Å². The van der Waals surface area contributed by atoms with Crippen LogP contribution in [0.2, 0.25) is 0 Å². The first-order chi connectivity index (χ1) is 9.16. The zero-order chi connectivity index (χ0) is 15.5. The molecular weight excluding hydrogens is 361 g/mol. The molecule has 8 heteroatoms. The predicted molar refractivity (Wildman–Crippen MR) is 61.8 cm³/mol. The van der Waals surface area contributed by atoms with Crippen LogP contribution in [0, 0.1) is 21.7 Å². The fourth-order valence-electron chi connectivity index (χ4n) is 1.88. The molecule has 2 aromatic rings. The van der Waals surface area contributed by atoms with E-state index in [1.807, 2.05) is 13.0 Å². The molecule has 0 N–H and O–H groups in total. The first-order valence-corrected chi connectivity index (χ1v) is 8.69. The quantitative estimate of drug-likeness (QED) is 0.709. The molecule has 0 bridgehead atoms. The van der Waals surface area contributed by atoms with Crippen molar-refractivity contribution in [2.45, 2.75) is 25.8 Å². The van der Waals surface area contributed by atoms with E-state index in [-0.39, 0.29) is 0 Å². The summed E-state index contributed by atoms with van der Waals surface area (Å²) in [5, 5.41) is 0.734. The summed E-state index contributed by atoms with van der Waals surface area (Å²) in [6.07, 6.45) is 0.847. The third-order valence-corrected chi connectivity index (χ3v) is 4.65. The number of alkyl halides is 3. The molecule has 20 heavy (non-hydrogen) atoms. The summed E-state index contributed by atoms with van der Waals surface area (Å²) in [5.41, 5.74) is -3.07. The fourth-order valence-corrected chi connectivity index (χ4v) is 3.64. The molecule has 1 aromatic carbocycles. The van der Waals surface area contributed by atoms with E-state index in [4.69, 9.17) is 12.6 Å². The second-order valence-corrected chi connectivity index (χ2v) is 6.87. The van der Waals surface area contributed by atoms with Crippen LogP contribution >= 0.6 is 10.5 Å². The Hall–Kier alpha value is -0.670. The Balaban J connectivity index is 0.000000444. The third-order valence-electron chi connectivity index (χ3n) is 2.61. The Labute approximate surface area is 122 Å². The molecular formula is C12H12BrF3O3S. The number of aryl methyl sites for hydroxylation is 2. The van der Waals surface area contributed by atoms with Gasteiger partial charge in [0.1, 0.15) is 0 Å². The van der Waals surface area contributed by atoms with Gasteiger partial charge in [0, 0.05) is 18.4 Å². The van der Waals surface area contributed by atoms with Crippen molar-refractivity contribution in [2.24, 2.45) is 0 Å². The Kier molecular flexibility index (Phi) is 5.96. The lowest BCUT2D eigenvalue weighted by Crippen LogP contribution is -2.42. The standard InChI is InChI=1S/C12H12F3S.BrO3/c1-3-9-4-5-11-10(7-9)6-8(2)16(11)12(13,14)15;2-1(3)4/h4-7H,3H2,1-2H3;/q+1;-1. The second kappa shape index (κ2) is 6.86. The average molecular weight is 373 g/mol.